The number of H-pyrrole nitrogens is 1. The van der Waals surface area contributed by atoms with E-state index in [-0.39, 0.29) is 5.88 Å². The van der Waals surface area contributed by atoms with Crippen LogP contribution in [0.2, 0.25) is 0 Å². The smallest absolute Gasteiger partial charge is 0.198 e. The molecule has 2 aromatic heterocycles. The van der Waals surface area contributed by atoms with Gasteiger partial charge >= 0.3 is 0 Å². The summed E-state index contributed by atoms with van der Waals surface area (Å²) in [5, 5.41) is 20.8. The summed E-state index contributed by atoms with van der Waals surface area (Å²) >= 11 is 3.40. The minimum atomic E-state index is 0.101. The van der Waals surface area contributed by atoms with Crippen molar-refractivity contribution in [3.63, 3.8) is 0 Å². The van der Waals surface area contributed by atoms with Crippen molar-refractivity contribution in [3.8, 4) is 5.88 Å². The number of nitrogens with one attached hydrogen (secondary N) is 1. The third kappa shape index (κ3) is 2.04. The molecule has 0 atom stereocenters. The standard InChI is InChI=1S/C15H9BrN4O/c16-10-5-11-12(15(21)19-14(11)17-7-10)3-8-1-2-9-6-18-20-13(9)4-8/h1-7,21H,(H,17,19). The summed E-state index contributed by atoms with van der Waals surface area (Å²) in [5.74, 6) is 0.101. The molecule has 1 aliphatic rings. The molecule has 1 aromatic carbocycles. The number of nitrogens with zero attached hydrogens (tertiary/aromatic N) is 3. The summed E-state index contributed by atoms with van der Waals surface area (Å²) < 4.78 is 0.862. The molecule has 21 heavy (non-hydrogen) atoms. The van der Waals surface area contributed by atoms with Crippen molar-refractivity contribution in [2.45, 2.75) is 0 Å². The predicted molar refractivity (Wildman–Crippen MR) is 83.7 cm³/mol. The molecular formula is C15H9BrN4O. The Kier molecular flexibility index (Phi) is 2.65. The fraction of sp³-hybridized carbons (Fsp3) is 0. The van der Waals surface area contributed by atoms with E-state index in [4.69, 9.17) is 0 Å². The van der Waals surface area contributed by atoms with Crippen LogP contribution in [0.4, 0.5) is 5.69 Å². The number of hydrogen-bond donors (Lipinski definition) is 2. The van der Waals surface area contributed by atoms with Crippen LogP contribution in [0.15, 0.2) is 45.2 Å². The predicted octanol–water partition coefficient (Wildman–Crippen LogP) is 2.70. The van der Waals surface area contributed by atoms with Gasteiger partial charge in [0.15, 0.2) is 5.88 Å². The minimum absolute atomic E-state index is 0.101. The number of azo groups is 1. The van der Waals surface area contributed by atoms with Crippen LogP contribution in [-0.2, 0) is 0 Å². The van der Waals surface area contributed by atoms with Crippen LogP contribution in [0.5, 0.6) is 5.88 Å². The van der Waals surface area contributed by atoms with E-state index in [9.17, 15) is 5.11 Å². The van der Waals surface area contributed by atoms with Crippen molar-refractivity contribution >= 4 is 44.9 Å². The molecule has 5 nitrogen and oxygen atoms in total. The third-order valence-corrected chi connectivity index (χ3v) is 3.80. The second-order valence-corrected chi connectivity index (χ2v) is 5.66. The molecule has 0 saturated carbocycles. The number of pyridine rings is 1. The van der Waals surface area contributed by atoms with E-state index in [0.717, 1.165) is 26.0 Å². The highest BCUT2D eigenvalue weighted by atomic mass is 79.9. The van der Waals surface area contributed by atoms with Gasteiger partial charge in [0.1, 0.15) is 5.65 Å². The zero-order valence-electron chi connectivity index (χ0n) is 10.7. The van der Waals surface area contributed by atoms with E-state index in [1.807, 2.05) is 30.3 Å². The summed E-state index contributed by atoms with van der Waals surface area (Å²) in [5.41, 5.74) is 2.19. The number of fused-ring (bicyclic) bond motifs is 2. The molecule has 0 bridgehead atoms. The van der Waals surface area contributed by atoms with Gasteiger partial charge < -0.3 is 10.1 Å². The van der Waals surface area contributed by atoms with Gasteiger partial charge in [-0.2, -0.15) is 10.2 Å². The number of aromatic hydroxyl groups is 1. The largest absolute Gasteiger partial charge is 0.494 e. The lowest BCUT2D eigenvalue weighted by atomic mass is 10.1. The maximum absolute atomic E-state index is 10.1. The van der Waals surface area contributed by atoms with Crippen molar-refractivity contribution in [1.29, 1.82) is 0 Å². The van der Waals surface area contributed by atoms with Crippen LogP contribution in [-0.4, -0.2) is 15.1 Å². The SMILES string of the molecule is Oc1[nH]c2ncc(Br)cc2c1C=c1ccc2c(c1)N=NC=2. The van der Waals surface area contributed by atoms with Gasteiger partial charge in [-0.3, -0.25) is 0 Å². The molecule has 0 amide bonds. The van der Waals surface area contributed by atoms with E-state index in [2.05, 4.69) is 36.1 Å². The summed E-state index contributed by atoms with van der Waals surface area (Å²) in [6.45, 7) is 0. The zero-order valence-corrected chi connectivity index (χ0v) is 12.3. The van der Waals surface area contributed by atoms with Gasteiger partial charge in [0.2, 0.25) is 0 Å². The molecule has 0 aliphatic carbocycles. The van der Waals surface area contributed by atoms with Crippen LogP contribution in [0.25, 0.3) is 23.3 Å². The highest BCUT2D eigenvalue weighted by molar-refractivity contribution is 9.10. The number of hydrogen-bond acceptors (Lipinski definition) is 4. The maximum Gasteiger partial charge on any atom is 0.198 e. The topological polar surface area (TPSA) is 73.6 Å². The normalized spacial score (nSPS) is 13.7. The lowest BCUT2D eigenvalue weighted by Crippen LogP contribution is -2.06. The molecular weight excluding hydrogens is 332 g/mol. The fourth-order valence-electron chi connectivity index (χ4n) is 2.36. The first-order valence-electron chi connectivity index (χ1n) is 6.30. The Bertz CT molecular complexity index is 1020. The molecule has 0 unspecified atom stereocenters. The average molecular weight is 341 g/mol. The second-order valence-electron chi connectivity index (χ2n) is 4.74. The van der Waals surface area contributed by atoms with Gasteiger partial charge in [-0.25, -0.2) is 4.98 Å². The van der Waals surface area contributed by atoms with Crippen molar-refractivity contribution in [2.75, 3.05) is 0 Å². The molecule has 102 valence electrons. The van der Waals surface area contributed by atoms with Gasteiger partial charge in [0.05, 0.1) is 11.9 Å². The fourth-order valence-corrected chi connectivity index (χ4v) is 2.69. The Morgan fingerprint density at radius 1 is 1.24 bits per heavy atom. The number of halogens is 1. The van der Waals surface area contributed by atoms with Gasteiger partial charge in [-0.1, -0.05) is 12.1 Å². The molecule has 3 heterocycles. The summed E-state index contributed by atoms with van der Waals surface area (Å²) in [7, 11) is 0. The van der Waals surface area contributed by atoms with E-state index < -0.39 is 0 Å². The van der Waals surface area contributed by atoms with E-state index in [1.165, 1.54) is 0 Å². The lowest BCUT2D eigenvalue weighted by Gasteiger charge is -1.95. The first-order valence-corrected chi connectivity index (χ1v) is 7.09. The van der Waals surface area contributed by atoms with Crippen LogP contribution in [0.3, 0.4) is 0 Å². The molecule has 0 radical (unpaired) electrons. The van der Waals surface area contributed by atoms with E-state index in [0.29, 0.717) is 11.2 Å². The van der Waals surface area contributed by atoms with Crippen molar-refractivity contribution in [2.24, 2.45) is 10.2 Å². The summed E-state index contributed by atoms with van der Waals surface area (Å²) in [6.07, 6.45) is 5.31. The number of benzene rings is 1. The summed E-state index contributed by atoms with van der Waals surface area (Å²) in [6, 6.07) is 7.79. The molecule has 6 heteroatoms. The van der Waals surface area contributed by atoms with Crippen LogP contribution < -0.4 is 10.4 Å². The van der Waals surface area contributed by atoms with Gasteiger partial charge in [0.25, 0.3) is 0 Å². The third-order valence-electron chi connectivity index (χ3n) is 3.36. The van der Waals surface area contributed by atoms with Crippen LogP contribution in [0, 0.1) is 0 Å². The Labute approximate surface area is 127 Å². The Morgan fingerprint density at radius 2 is 2.14 bits per heavy atom. The van der Waals surface area contributed by atoms with Gasteiger partial charge in [-0.15, -0.1) is 0 Å². The average Bonchev–Trinajstić information content (AvgIpc) is 3.04. The van der Waals surface area contributed by atoms with Crippen molar-refractivity contribution in [3.05, 3.63) is 50.9 Å². The Morgan fingerprint density at radius 3 is 3.05 bits per heavy atom. The quantitative estimate of drug-likeness (QED) is 0.714. The first-order chi connectivity index (χ1) is 10.2. The van der Waals surface area contributed by atoms with Crippen LogP contribution >= 0.6 is 15.9 Å². The van der Waals surface area contributed by atoms with Crippen molar-refractivity contribution in [1.82, 2.24) is 9.97 Å². The minimum Gasteiger partial charge on any atom is -0.494 e. The molecule has 1 aliphatic heterocycles. The second kappa shape index (κ2) is 4.53. The maximum atomic E-state index is 10.1. The highest BCUT2D eigenvalue weighted by Crippen LogP contribution is 2.28. The van der Waals surface area contributed by atoms with Gasteiger partial charge in [-0.05, 0) is 39.4 Å². The van der Waals surface area contributed by atoms with Gasteiger partial charge in [0, 0.05) is 26.8 Å². The van der Waals surface area contributed by atoms with E-state index >= 15 is 0 Å². The monoisotopic (exact) mass is 340 g/mol. The highest BCUT2D eigenvalue weighted by Gasteiger charge is 2.10. The number of aromatic amines is 1. The molecule has 4 rings (SSSR count). The molecule has 0 saturated heterocycles. The molecule has 3 aromatic rings. The Hall–Kier alpha value is -2.47. The molecule has 2 N–H and O–H groups in total. The zero-order chi connectivity index (χ0) is 14.4. The lowest BCUT2D eigenvalue weighted by molar-refractivity contribution is 0.457. The van der Waals surface area contributed by atoms with Crippen LogP contribution in [0.1, 0.15) is 5.56 Å². The summed E-state index contributed by atoms with van der Waals surface area (Å²) in [4.78, 5) is 7.11. The molecule has 0 spiro atoms. The number of aromatic nitrogens is 2. The number of rotatable bonds is 1. The first kappa shape index (κ1) is 12.3. The van der Waals surface area contributed by atoms with Crippen molar-refractivity contribution < 1.29 is 5.11 Å². The van der Waals surface area contributed by atoms with E-state index in [1.54, 1.807) is 12.4 Å². The molecule has 0 fully saturated rings. The Balaban J connectivity index is 1.97.